The van der Waals surface area contributed by atoms with Gasteiger partial charge in [0.2, 0.25) is 0 Å². The minimum atomic E-state index is 0.161. The van der Waals surface area contributed by atoms with Crippen molar-refractivity contribution >= 4 is 16.7 Å². The number of nitrogens with one attached hydrogen (secondary N) is 1. The molecule has 1 N–H and O–H groups in total. The maximum absolute atomic E-state index is 12.7. The number of carbonyl (C=O) groups is 1. The highest BCUT2D eigenvalue weighted by molar-refractivity contribution is 5.86. The van der Waals surface area contributed by atoms with Crippen LogP contribution < -0.4 is 5.32 Å². The van der Waals surface area contributed by atoms with Crippen molar-refractivity contribution in [2.75, 3.05) is 7.05 Å². The lowest BCUT2D eigenvalue weighted by atomic mass is 9.82. The highest BCUT2D eigenvalue weighted by atomic mass is 16.4. The molecule has 1 saturated carbocycles. The molecule has 0 amide bonds. The number of carbonyl (C=O) groups excluding carboxylic acids is 1. The van der Waals surface area contributed by atoms with Gasteiger partial charge in [0.15, 0.2) is 11.7 Å². The Morgan fingerprint density at radius 2 is 1.93 bits per heavy atom. The number of aryl methyl sites for hydroxylation is 1. The average molecular weight is 364 g/mol. The second kappa shape index (κ2) is 7.56. The van der Waals surface area contributed by atoms with Crippen molar-refractivity contribution in [3.8, 4) is 11.3 Å². The number of ketones is 1. The monoisotopic (exact) mass is 364 g/mol. The maximum Gasteiger partial charge on any atom is 0.191 e. The minimum Gasteiger partial charge on any atom is -0.441 e. The molecule has 4 rings (SSSR count). The Bertz CT molecular complexity index is 958. The summed E-state index contributed by atoms with van der Waals surface area (Å²) in [7, 11) is 1.99. The Labute approximate surface area is 158 Å². The van der Waals surface area contributed by atoms with E-state index in [9.17, 15) is 4.79 Å². The van der Waals surface area contributed by atoms with E-state index in [0.717, 1.165) is 47.8 Å². The van der Waals surface area contributed by atoms with Crippen molar-refractivity contribution in [1.29, 1.82) is 0 Å². The zero-order valence-electron chi connectivity index (χ0n) is 15.7. The number of Topliss-reactive ketones (excluding diaryl/α,β-unsaturated/α-hetero) is 1. The zero-order valence-corrected chi connectivity index (χ0v) is 15.7. The first-order chi connectivity index (χ1) is 13.1. The van der Waals surface area contributed by atoms with Gasteiger partial charge in [-0.2, -0.15) is 0 Å². The fourth-order valence-electron chi connectivity index (χ4n) is 3.83. The van der Waals surface area contributed by atoms with Crippen molar-refractivity contribution in [2.24, 2.45) is 5.92 Å². The molecule has 0 aliphatic heterocycles. The molecule has 0 atom stereocenters. The van der Waals surface area contributed by atoms with E-state index in [4.69, 9.17) is 4.42 Å². The van der Waals surface area contributed by atoms with Crippen LogP contribution in [0.3, 0.4) is 0 Å². The Hall–Kier alpha value is -2.60. The molecule has 0 unspecified atom stereocenters. The third-order valence-electron chi connectivity index (χ3n) is 5.48. The van der Waals surface area contributed by atoms with Crippen LogP contribution in [0.25, 0.3) is 22.2 Å². The van der Waals surface area contributed by atoms with E-state index in [-0.39, 0.29) is 5.92 Å². The number of nitrogens with zero attached hydrogens (tertiary/aromatic N) is 3. The van der Waals surface area contributed by atoms with Crippen LogP contribution in [-0.4, -0.2) is 33.8 Å². The molecule has 140 valence electrons. The van der Waals surface area contributed by atoms with E-state index >= 15 is 0 Å². The Balaban J connectivity index is 1.51. The summed E-state index contributed by atoms with van der Waals surface area (Å²) in [5.74, 6) is 1.77. The van der Waals surface area contributed by atoms with Gasteiger partial charge in [0, 0.05) is 48.1 Å². The summed E-state index contributed by atoms with van der Waals surface area (Å²) in [5, 5.41) is 4.27. The van der Waals surface area contributed by atoms with E-state index in [1.165, 1.54) is 0 Å². The molecule has 3 heterocycles. The Morgan fingerprint density at radius 1 is 1.11 bits per heavy atom. The van der Waals surface area contributed by atoms with Crippen LogP contribution in [0, 0.1) is 12.8 Å². The summed E-state index contributed by atoms with van der Waals surface area (Å²) in [6.07, 6.45) is 9.66. The topological polar surface area (TPSA) is 80.9 Å². The molecular formula is C21H24N4O2. The lowest BCUT2D eigenvalue weighted by molar-refractivity contribution is -0.123. The van der Waals surface area contributed by atoms with E-state index in [1.54, 1.807) is 18.6 Å². The highest BCUT2D eigenvalue weighted by Crippen LogP contribution is 2.27. The van der Waals surface area contributed by atoms with Gasteiger partial charge in [-0.1, -0.05) is 0 Å². The summed E-state index contributed by atoms with van der Waals surface area (Å²) >= 11 is 0. The van der Waals surface area contributed by atoms with Gasteiger partial charge < -0.3 is 9.73 Å². The van der Waals surface area contributed by atoms with Gasteiger partial charge in [-0.3, -0.25) is 14.8 Å². The van der Waals surface area contributed by atoms with Gasteiger partial charge in [0.25, 0.3) is 0 Å². The number of hydrogen-bond donors (Lipinski definition) is 1. The van der Waals surface area contributed by atoms with Crippen molar-refractivity contribution in [2.45, 2.75) is 45.1 Å². The van der Waals surface area contributed by atoms with Gasteiger partial charge in [-0.25, -0.2) is 4.98 Å². The first kappa shape index (κ1) is 17.8. The molecule has 27 heavy (non-hydrogen) atoms. The summed E-state index contributed by atoms with van der Waals surface area (Å²) < 4.78 is 5.58. The van der Waals surface area contributed by atoms with E-state index in [1.807, 2.05) is 26.1 Å². The van der Waals surface area contributed by atoms with E-state index in [2.05, 4.69) is 20.3 Å². The predicted octanol–water partition coefficient (Wildman–Crippen LogP) is 3.48. The molecular weight excluding hydrogens is 340 g/mol. The van der Waals surface area contributed by atoms with E-state index in [0.29, 0.717) is 29.9 Å². The second-order valence-electron chi connectivity index (χ2n) is 7.32. The third kappa shape index (κ3) is 3.90. The number of rotatable bonds is 5. The molecule has 3 aromatic rings. The predicted molar refractivity (Wildman–Crippen MR) is 103 cm³/mol. The first-order valence-corrected chi connectivity index (χ1v) is 9.50. The largest absolute Gasteiger partial charge is 0.441 e. The molecule has 0 bridgehead atoms. The van der Waals surface area contributed by atoms with Crippen LogP contribution in [0.5, 0.6) is 0 Å². The Kier molecular flexibility index (Phi) is 4.99. The van der Waals surface area contributed by atoms with Crippen LogP contribution in [0.4, 0.5) is 0 Å². The van der Waals surface area contributed by atoms with Crippen molar-refractivity contribution in [1.82, 2.24) is 20.3 Å². The van der Waals surface area contributed by atoms with Gasteiger partial charge in [0.05, 0.1) is 17.9 Å². The highest BCUT2D eigenvalue weighted by Gasteiger charge is 2.25. The maximum atomic E-state index is 12.7. The van der Waals surface area contributed by atoms with Crippen molar-refractivity contribution in [3.63, 3.8) is 0 Å². The molecule has 3 aromatic heterocycles. The number of fused-ring (bicyclic) bond motifs is 1. The molecule has 1 aliphatic rings. The molecule has 0 saturated heterocycles. The zero-order chi connectivity index (χ0) is 18.8. The lowest BCUT2D eigenvalue weighted by Crippen LogP contribution is -2.33. The lowest BCUT2D eigenvalue weighted by Gasteiger charge is -2.27. The van der Waals surface area contributed by atoms with Crippen LogP contribution in [0.2, 0.25) is 0 Å². The minimum absolute atomic E-state index is 0.161. The van der Waals surface area contributed by atoms with Crippen LogP contribution in [0.1, 0.15) is 37.3 Å². The molecule has 1 fully saturated rings. The molecule has 0 radical (unpaired) electrons. The van der Waals surface area contributed by atoms with E-state index < -0.39 is 0 Å². The average Bonchev–Trinajstić information content (AvgIpc) is 3.14. The van der Waals surface area contributed by atoms with Crippen LogP contribution in [-0.2, 0) is 11.2 Å². The summed E-state index contributed by atoms with van der Waals surface area (Å²) in [6, 6.07) is 4.53. The van der Waals surface area contributed by atoms with Gasteiger partial charge >= 0.3 is 0 Å². The van der Waals surface area contributed by atoms with Gasteiger partial charge in [-0.05, 0) is 44.9 Å². The molecule has 0 spiro atoms. The number of hydrogen-bond acceptors (Lipinski definition) is 6. The molecule has 6 nitrogen and oxygen atoms in total. The number of pyridine rings is 2. The van der Waals surface area contributed by atoms with Crippen LogP contribution in [0.15, 0.2) is 35.1 Å². The van der Waals surface area contributed by atoms with Gasteiger partial charge in [0.1, 0.15) is 5.78 Å². The van der Waals surface area contributed by atoms with Crippen molar-refractivity contribution < 1.29 is 9.21 Å². The summed E-state index contributed by atoms with van der Waals surface area (Å²) in [6.45, 7) is 1.82. The number of oxazole rings is 1. The summed E-state index contributed by atoms with van der Waals surface area (Å²) in [5.41, 5.74) is 2.48. The fraction of sp³-hybridized carbons (Fsp3) is 0.429. The fourth-order valence-corrected chi connectivity index (χ4v) is 3.83. The SMILES string of the molecule is CNC1CCC(C(=O)Cc2cc3cc(-c4cnc(C)o4)cnc3cn2)CC1. The first-order valence-electron chi connectivity index (χ1n) is 9.50. The third-order valence-corrected chi connectivity index (χ3v) is 5.48. The normalized spacial score (nSPS) is 20.1. The molecule has 0 aromatic carbocycles. The second-order valence-corrected chi connectivity index (χ2v) is 7.32. The Morgan fingerprint density at radius 3 is 2.63 bits per heavy atom. The summed E-state index contributed by atoms with van der Waals surface area (Å²) in [4.78, 5) is 25.7. The number of aromatic nitrogens is 3. The van der Waals surface area contributed by atoms with Crippen LogP contribution >= 0.6 is 0 Å². The standard InChI is InChI=1S/C21H24N4O2/c1-13-23-12-21(27-13)16-7-15-8-18(24-11-19(15)25-10-16)9-20(26)14-3-5-17(22-2)6-4-14/h7-8,10-12,14,17,22H,3-6,9H2,1-2H3. The molecule has 1 aliphatic carbocycles. The van der Waals surface area contributed by atoms with Crippen molar-refractivity contribution in [3.05, 3.63) is 42.3 Å². The quantitative estimate of drug-likeness (QED) is 0.746. The smallest absolute Gasteiger partial charge is 0.191 e. The van der Waals surface area contributed by atoms with Gasteiger partial charge in [-0.15, -0.1) is 0 Å². The molecule has 6 heteroatoms.